The Morgan fingerprint density at radius 2 is 1.64 bits per heavy atom. The van der Waals surface area contributed by atoms with E-state index in [1.807, 2.05) is 18.2 Å². The van der Waals surface area contributed by atoms with Crippen LogP contribution in [0.15, 0.2) is 83.7 Å². The molecule has 0 radical (unpaired) electrons. The Hall–Kier alpha value is -3.57. The summed E-state index contributed by atoms with van der Waals surface area (Å²) in [7, 11) is 0. The number of H-pyrrole nitrogens is 1. The van der Waals surface area contributed by atoms with E-state index in [0.29, 0.717) is 33.0 Å². The molecule has 0 bridgehead atoms. The first-order chi connectivity index (χ1) is 13.6. The Morgan fingerprint density at radius 1 is 0.929 bits per heavy atom. The first-order valence-corrected chi connectivity index (χ1v) is 8.94. The maximum atomic E-state index is 12.5. The maximum Gasteiger partial charge on any atom is 0.272 e. The molecule has 4 rings (SSSR count). The summed E-state index contributed by atoms with van der Waals surface area (Å²) in [5.74, 6) is 0.738. The molecule has 2 N–H and O–H groups in total. The van der Waals surface area contributed by atoms with E-state index in [0.717, 1.165) is 0 Å². The molecule has 0 saturated heterocycles. The number of amides is 1. The minimum Gasteiger partial charge on any atom is -0.456 e. The van der Waals surface area contributed by atoms with Gasteiger partial charge in [0.05, 0.1) is 5.02 Å². The van der Waals surface area contributed by atoms with E-state index in [1.54, 1.807) is 60.7 Å². The quantitative estimate of drug-likeness (QED) is 0.501. The molecular weight excluding hydrogens is 376 g/mol. The van der Waals surface area contributed by atoms with Gasteiger partial charge in [0.25, 0.3) is 11.5 Å². The highest BCUT2D eigenvalue weighted by molar-refractivity contribution is 6.32. The Labute approximate surface area is 165 Å². The van der Waals surface area contributed by atoms with Crippen LogP contribution in [0.2, 0.25) is 5.02 Å². The minimum atomic E-state index is -0.400. The highest BCUT2D eigenvalue weighted by Crippen LogP contribution is 2.29. The maximum absolute atomic E-state index is 12.5. The average Bonchev–Trinajstić information content (AvgIpc) is 2.71. The molecule has 1 heterocycles. The van der Waals surface area contributed by atoms with E-state index in [1.165, 1.54) is 0 Å². The van der Waals surface area contributed by atoms with Crippen molar-refractivity contribution in [1.82, 2.24) is 4.98 Å². The van der Waals surface area contributed by atoms with Crippen molar-refractivity contribution in [3.05, 3.63) is 99.9 Å². The predicted octanol–water partition coefficient (Wildman–Crippen LogP) is 5.23. The predicted molar refractivity (Wildman–Crippen MR) is 110 cm³/mol. The number of para-hydroxylation sites is 1. The van der Waals surface area contributed by atoms with E-state index in [2.05, 4.69) is 10.3 Å². The zero-order valence-corrected chi connectivity index (χ0v) is 15.4. The Balaban J connectivity index is 1.51. The zero-order valence-electron chi connectivity index (χ0n) is 14.6. The van der Waals surface area contributed by atoms with Crippen LogP contribution in [0.1, 0.15) is 10.5 Å². The molecule has 138 valence electrons. The van der Waals surface area contributed by atoms with Crippen molar-refractivity contribution in [3.63, 3.8) is 0 Å². The summed E-state index contributed by atoms with van der Waals surface area (Å²) in [5, 5.41) is 4.53. The largest absolute Gasteiger partial charge is 0.456 e. The van der Waals surface area contributed by atoms with Gasteiger partial charge in [0.1, 0.15) is 17.2 Å². The van der Waals surface area contributed by atoms with E-state index >= 15 is 0 Å². The second kappa shape index (κ2) is 7.58. The number of ether oxygens (including phenoxy) is 1. The third kappa shape index (κ3) is 3.75. The van der Waals surface area contributed by atoms with Gasteiger partial charge in [-0.2, -0.15) is 0 Å². The number of benzene rings is 3. The molecule has 0 atom stereocenters. The summed E-state index contributed by atoms with van der Waals surface area (Å²) in [6.45, 7) is 0. The lowest BCUT2D eigenvalue weighted by molar-refractivity contribution is 0.102. The van der Waals surface area contributed by atoms with E-state index in [-0.39, 0.29) is 11.3 Å². The van der Waals surface area contributed by atoms with Gasteiger partial charge >= 0.3 is 0 Å². The molecular formula is C22H15ClN2O3. The molecule has 28 heavy (non-hydrogen) atoms. The summed E-state index contributed by atoms with van der Waals surface area (Å²) in [6.07, 6.45) is 0. The Kier molecular flexibility index (Phi) is 4.83. The van der Waals surface area contributed by atoms with Crippen LogP contribution in [-0.4, -0.2) is 10.9 Å². The SMILES string of the molecule is O=C(Nc1ccc(Oc2ccccc2Cl)cc1)c1cc2ccccc2c(=O)[nH]1. The number of nitrogens with one attached hydrogen (secondary N) is 2. The molecule has 0 fully saturated rings. The fourth-order valence-electron chi connectivity index (χ4n) is 2.79. The second-order valence-corrected chi connectivity index (χ2v) is 6.52. The van der Waals surface area contributed by atoms with Crippen molar-refractivity contribution >= 4 is 34.0 Å². The minimum absolute atomic E-state index is 0.195. The van der Waals surface area contributed by atoms with Gasteiger partial charge in [0.2, 0.25) is 0 Å². The number of carbonyl (C=O) groups is 1. The van der Waals surface area contributed by atoms with Gasteiger partial charge < -0.3 is 15.0 Å². The van der Waals surface area contributed by atoms with E-state index < -0.39 is 5.91 Å². The van der Waals surface area contributed by atoms with Gasteiger partial charge in [-0.15, -0.1) is 0 Å². The molecule has 0 spiro atoms. The molecule has 0 saturated carbocycles. The monoisotopic (exact) mass is 390 g/mol. The molecule has 0 unspecified atom stereocenters. The number of halogens is 1. The molecule has 1 aromatic heterocycles. The topological polar surface area (TPSA) is 71.2 Å². The molecule has 1 amide bonds. The highest BCUT2D eigenvalue weighted by Gasteiger charge is 2.10. The van der Waals surface area contributed by atoms with Gasteiger partial charge in [0.15, 0.2) is 0 Å². The van der Waals surface area contributed by atoms with Crippen LogP contribution in [0.3, 0.4) is 0 Å². The van der Waals surface area contributed by atoms with Crippen LogP contribution in [0, 0.1) is 0 Å². The number of hydrogen-bond donors (Lipinski definition) is 2. The van der Waals surface area contributed by atoms with Gasteiger partial charge in [-0.25, -0.2) is 0 Å². The summed E-state index contributed by atoms with van der Waals surface area (Å²) in [5.41, 5.74) is 0.470. The Bertz CT molecular complexity index is 1220. The summed E-state index contributed by atoms with van der Waals surface area (Å²) in [4.78, 5) is 27.3. The fourth-order valence-corrected chi connectivity index (χ4v) is 2.97. The smallest absolute Gasteiger partial charge is 0.272 e. The van der Waals surface area contributed by atoms with Gasteiger partial charge in [-0.3, -0.25) is 9.59 Å². The third-order valence-electron chi connectivity index (χ3n) is 4.17. The lowest BCUT2D eigenvalue weighted by Crippen LogP contribution is -2.18. The average molecular weight is 391 g/mol. The lowest BCUT2D eigenvalue weighted by Gasteiger charge is -2.09. The molecule has 0 aliphatic heterocycles. The van der Waals surface area contributed by atoms with Crippen molar-refractivity contribution in [2.24, 2.45) is 0 Å². The molecule has 6 heteroatoms. The van der Waals surface area contributed by atoms with E-state index in [9.17, 15) is 9.59 Å². The van der Waals surface area contributed by atoms with Crippen molar-refractivity contribution in [2.45, 2.75) is 0 Å². The molecule has 0 aliphatic carbocycles. The number of aromatic amines is 1. The lowest BCUT2D eigenvalue weighted by atomic mass is 10.1. The van der Waals surface area contributed by atoms with Gasteiger partial charge in [-0.05, 0) is 53.9 Å². The molecule has 3 aromatic carbocycles. The van der Waals surface area contributed by atoms with Crippen LogP contribution in [0.5, 0.6) is 11.5 Å². The zero-order chi connectivity index (χ0) is 19.5. The number of rotatable bonds is 4. The summed E-state index contributed by atoms with van der Waals surface area (Å²) in [6, 6.07) is 22.8. The molecule has 4 aromatic rings. The van der Waals surface area contributed by atoms with Crippen LogP contribution in [0.25, 0.3) is 10.8 Å². The standard InChI is InChI=1S/C22H15ClN2O3/c23-18-7-3-4-8-20(18)28-16-11-9-15(10-12-16)24-22(27)19-13-14-5-1-2-6-17(14)21(26)25-19/h1-13H,(H,24,27)(H,25,26). The summed E-state index contributed by atoms with van der Waals surface area (Å²) < 4.78 is 5.73. The number of pyridine rings is 1. The first-order valence-electron chi connectivity index (χ1n) is 8.56. The second-order valence-electron chi connectivity index (χ2n) is 6.11. The number of carbonyl (C=O) groups excluding carboxylic acids is 1. The number of anilines is 1. The van der Waals surface area contributed by atoms with Gasteiger partial charge in [-0.1, -0.05) is 41.9 Å². The van der Waals surface area contributed by atoms with Crippen LogP contribution in [-0.2, 0) is 0 Å². The van der Waals surface area contributed by atoms with Crippen molar-refractivity contribution < 1.29 is 9.53 Å². The Morgan fingerprint density at radius 3 is 2.43 bits per heavy atom. The summed E-state index contributed by atoms with van der Waals surface area (Å²) >= 11 is 6.09. The third-order valence-corrected chi connectivity index (χ3v) is 4.49. The van der Waals surface area contributed by atoms with Crippen molar-refractivity contribution in [1.29, 1.82) is 0 Å². The normalized spacial score (nSPS) is 10.6. The van der Waals surface area contributed by atoms with Crippen LogP contribution >= 0.6 is 11.6 Å². The van der Waals surface area contributed by atoms with Crippen LogP contribution in [0.4, 0.5) is 5.69 Å². The van der Waals surface area contributed by atoms with Crippen molar-refractivity contribution in [2.75, 3.05) is 5.32 Å². The molecule has 5 nitrogen and oxygen atoms in total. The first kappa shape index (κ1) is 17.8. The number of fused-ring (bicyclic) bond motifs is 1. The number of hydrogen-bond acceptors (Lipinski definition) is 3. The highest BCUT2D eigenvalue weighted by atomic mass is 35.5. The fraction of sp³-hybridized carbons (Fsp3) is 0. The van der Waals surface area contributed by atoms with Crippen molar-refractivity contribution in [3.8, 4) is 11.5 Å². The number of aromatic nitrogens is 1. The molecule has 0 aliphatic rings. The van der Waals surface area contributed by atoms with E-state index in [4.69, 9.17) is 16.3 Å². The van der Waals surface area contributed by atoms with Crippen LogP contribution < -0.4 is 15.6 Å². The van der Waals surface area contributed by atoms with Gasteiger partial charge in [0, 0.05) is 11.1 Å².